The molecule has 4 N–H and O–H groups in total. The van der Waals surface area contributed by atoms with Gasteiger partial charge in [0, 0.05) is 11.1 Å². The maximum atomic E-state index is 12.5. The van der Waals surface area contributed by atoms with Crippen molar-refractivity contribution in [3.05, 3.63) is 108 Å². The van der Waals surface area contributed by atoms with E-state index in [2.05, 4.69) is 20.6 Å². The molecule has 2 unspecified atom stereocenters. The third kappa shape index (κ3) is 10.8. The molecule has 0 aliphatic rings. The second-order valence-corrected chi connectivity index (χ2v) is 9.68. The van der Waals surface area contributed by atoms with E-state index in [0.717, 1.165) is 5.56 Å². The number of para-hydroxylation sites is 1. The number of ether oxygens (including phenoxy) is 2. The van der Waals surface area contributed by atoms with Gasteiger partial charge in [-0.2, -0.15) is 0 Å². The number of amides is 2. The number of nitrogens with zero attached hydrogens (tertiary/aromatic N) is 2. The Morgan fingerprint density at radius 3 is 2.07 bits per heavy atom. The SMILES string of the molecule is Cc1ncnc(-c2ccc(C(=O)NC(C)C(=O)O)cc2)c1NC(=O)OC(C)c1ccccc1.O=C(O)CCOc1ccccc1. The molecular formula is C33H34N4O8. The Morgan fingerprint density at radius 1 is 0.844 bits per heavy atom. The molecule has 0 saturated carbocycles. The lowest BCUT2D eigenvalue weighted by Crippen LogP contribution is -2.38. The molecule has 45 heavy (non-hydrogen) atoms. The second-order valence-electron chi connectivity index (χ2n) is 9.68. The van der Waals surface area contributed by atoms with Gasteiger partial charge >= 0.3 is 18.0 Å². The van der Waals surface area contributed by atoms with Gasteiger partial charge in [-0.25, -0.2) is 14.8 Å². The van der Waals surface area contributed by atoms with Gasteiger partial charge in [0.05, 0.1) is 30.1 Å². The highest BCUT2D eigenvalue weighted by Crippen LogP contribution is 2.28. The zero-order valence-electron chi connectivity index (χ0n) is 25.0. The molecule has 234 valence electrons. The lowest BCUT2D eigenvalue weighted by atomic mass is 10.1. The first-order valence-corrected chi connectivity index (χ1v) is 13.9. The molecule has 0 aliphatic carbocycles. The van der Waals surface area contributed by atoms with Crippen molar-refractivity contribution in [1.29, 1.82) is 0 Å². The van der Waals surface area contributed by atoms with Crippen molar-refractivity contribution >= 4 is 29.6 Å². The van der Waals surface area contributed by atoms with Crippen LogP contribution in [0.5, 0.6) is 5.75 Å². The molecule has 12 heteroatoms. The highest BCUT2D eigenvalue weighted by Gasteiger charge is 2.19. The summed E-state index contributed by atoms with van der Waals surface area (Å²) >= 11 is 0. The van der Waals surface area contributed by atoms with Gasteiger partial charge < -0.3 is 25.0 Å². The van der Waals surface area contributed by atoms with Crippen molar-refractivity contribution in [2.75, 3.05) is 11.9 Å². The summed E-state index contributed by atoms with van der Waals surface area (Å²) in [5.74, 6) is -1.77. The Kier molecular flexibility index (Phi) is 12.6. The predicted molar refractivity (Wildman–Crippen MR) is 166 cm³/mol. The Bertz CT molecular complexity index is 1580. The van der Waals surface area contributed by atoms with E-state index in [9.17, 15) is 19.2 Å². The maximum Gasteiger partial charge on any atom is 0.412 e. The number of aromatic nitrogens is 2. The van der Waals surface area contributed by atoms with Crippen LogP contribution in [0.15, 0.2) is 91.3 Å². The fourth-order valence-corrected chi connectivity index (χ4v) is 3.82. The van der Waals surface area contributed by atoms with Crippen LogP contribution < -0.4 is 15.4 Å². The number of hydrogen-bond acceptors (Lipinski definition) is 8. The van der Waals surface area contributed by atoms with E-state index in [0.29, 0.717) is 34.0 Å². The summed E-state index contributed by atoms with van der Waals surface area (Å²) in [6.07, 6.45) is 0.312. The number of carboxylic acid groups (broad SMARTS) is 2. The Hall–Kier alpha value is -5.78. The standard InChI is InChI=1S/C24H24N4O5.C9H10O3/c1-14-20(28-24(32)33-16(3)17-7-5-4-6-8-17)21(26-13-25-14)18-9-11-19(12-10-18)22(29)27-15(2)23(30)31;10-9(11)6-7-12-8-4-2-1-3-5-8/h4-13,15-16H,1-3H3,(H,27,29)(H,28,32)(H,30,31);1-5H,6-7H2,(H,10,11). The summed E-state index contributed by atoms with van der Waals surface area (Å²) in [4.78, 5) is 54.2. The van der Waals surface area contributed by atoms with Gasteiger partial charge in [0.2, 0.25) is 0 Å². The van der Waals surface area contributed by atoms with Crippen LogP contribution in [0.1, 0.15) is 48.0 Å². The molecule has 1 aromatic heterocycles. The minimum Gasteiger partial charge on any atom is -0.493 e. The van der Waals surface area contributed by atoms with Crippen molar-refractivity contribution in [3.63, 3.8) is 0 Å². The van der Waals surface area contributed by atoms with Gasteiger partial charge in [-0.1, -0.05) is 60.7 Å². The predicted octanol–water partition coefficient (Wildman–Crippen LogP) is 5.50. The number of anilines is 1. The fourth-order valence-electron chi connectivity index (χ4n) is 3.82. The molecule has 2 amide bonds. The number of aliphatic carboxylic acids is 2. The van der Waals surface area contributed by atoms with Crippen molar-refractivity contribution in [3.8, 4) is 17.0 Å². The summed E-state index contributed by atoms with van der Waals surface area (Å²) in [6.45, 7) is 5.11. The van der Waals surface area contributed by atoms with E-state index < -0.39 is 36.1 Å². The maximum absolute atomic E-state index is 12.5. The first kappa shape index (κ1) is 33.7. The second kappa shape index (κ2) is 16.8. The fraction of sp³-hybridized carbons (Fsp3) is 0.212. The Morgan fingerprint density at radius 2 is 1.47 bits per heavy atom. The topological polar surface area (TPSA) is 177 Å². The minimum atomic E-state index is -1.12. The Labute approximate surface area is 260 Å². The molecule has 4 aromatic rings. The molecule has 3 aromatic carbocycles. The molecule has 0 bridgehead atoms. The number of hydrogen-bond donors (Lipinski definition) is 4. The summed E-state index contributed by atoms with van der Waals surface area (Å²) in [5.41, 5.74) is 3.18. The van der Waals surface area contributed by atoms with Gasteiger partial charge in [-0.05, 0) is 50.6 Å². The minimum absolute atomic E-state index is 0.0366. The van der Waals surface area contributed by atoms with Crippen LogP contribution in [0.2, 0.25) is 0 Å². The quantitative estimate of drug-likeness (QED) is 0.169. The third-order valence-electron chi connectivity index (χ3n) is 6.28. The van der Waals surface area contributed by atoms with E-state index in [-0.39, 0.29) is 13.0 Å². The van der Waals surface area contributed by atoms with E-state index >= 15 is 0 Å². The summed E-state index contributed by atoms with van der Waals surface area (Å²) in [5, 5.41) is 22.4. The number of aryl methyl sites for hydroxylation is 1. The monoisotopic (exact) mass is 614 g/mol. The van der Waals surface area contributed by atoms with E-state index in [1.165, 1.54) is 13.3 Å². The molecule has 4 rings (SSSR count). The average molecular weight is 615 g/mol. The number of nitrogens with one attached hydrogen (secondary N) is 2. The first-order valence-electron chi connectivity index (χ1n) is 13.9. The number of benzene rings is 3. The van der Waals surface area contributed by atoms with Crippen molar-refractivity contribution in [2.24, 2.45) is 0 Å². The summed E-state index contributed by atoms with van der Waals surface area (Å²) in [6, 6.07) is 23.9. The van der Waals surface area contributed by atoms with Gasteiger partial charge in [0.1, 0.15) is 24.2 Å². The molecule has 0 saturated heterocycles. The molecule has 0 radical (unpaired) electrons. The van der Waals surface area contributed by atoms with Crippen LogP contribution >= 0.6 is 0 Å². The number of carbonyl (C=O) groups is 4. The normalized spacial score (nSPS) is 11.5. The molecule has 0 fully saturated rings. The van der Waals surface area contributed by atoms with Crippen molar-refractivity contribution in [2.45, 2.75) is 39.3 Å². The molecule has 0 spiro atoms. The third-order valence-corrected chi connectivity index (χ3v) is 6.28. The molecule has 1 heterocycles. The van der Waals surface area contributed by atoms with Crippen LogP contribution in [-0.4, -0.2) is 56.8 Å². The van der Waals surface area contributed by atoms with Gasteiger partial charge in [0.25, 0.3) is 5.91 Å². The van der Waals surface area contributed by atoms with E-state index in [4.69, 9.17) is 19.7 Å². The highest BCUT2D eigenvalue weighted by atomic mass is 16.6. The number of rotatable bonds is 11. The van der Waals surface area contributed by atoms with E-state index in [1.807, 2.05) is 48.5 Å². The van der Waals surface area contributed by atoms with Crippen LogP contribution in [-0.2, 0) is 14.3 Å². The van der Waals surface area contributed by atoms with Crippen molar-refractivity contribution in [1.82, 2.24) is 15.3 Å². The summed E-state index contributed by atoms with van der Waals surface area (Å²) in [7, 11) is 0. The van der Waals surface area contributed by atoms with Gasteiger partial charge in [-0.15, -0.1) is 0 Å². The zero-order chi connectivity index (χ0) is 32.8. The molecular weight excluding hydrogens is 580 g/mol. The number of carboxylic acids is 2. The van der Waals surface area contributed by atoms with E-state index in [1.54, 1.807) is 50.2 Å². The number of carbonyl (C=O) groups excluding carboxylic acids is 2. The Balaban J connectivity index is 0.000000385. The highest BCUT2D eigenvalue weighted by molar-refractivity contribution is 5.97. The molecule has 0 aliphatic heterocycles. The van der Waals surface area contributed by atoms with Gasteiger partial charge in [-0.3, -0.25) is 19.7 Å². The van der Waals surface area contributed by atoms with Crippen molar-refractivity contribution < 1.29 is 38.9 Å². The largest absolute Gasteiger partial charge is 0.493 e. The first-order chi connectivity index (χ1) is 21.5. The summed E-state index contributed by atoms with van der Waals surface area (Å²) < 4.78 is 10.6. The lowest BCUT2D eigenvalue weighted by Gasteiger charge is -2.16. The van der Waals surface area contributed by atoms with Crippen LogP contribution in [0.4, 0.5) is 10.5 Å². The zero-order valence-corrected chi connectivity index (χ0v) is 25.0. The van der Waals surface area contributed by atoms with Crippen LogP contribution in [0, 0.1) is 6.92 Å². The molecule has 2 atom stereocenters. The average Bonchev–Trinajstić information content (AvgIpc) is 3.03. The lowest BCUT2D eigenvalue weighted by molar-refractivity contribution is -0.139. The molecule has 12 nitrogen and oxygen atoms in total. The van der Waals surface area contributed by atoms with Crippen LogP contribution in [0.3, 0.4) is 0 Å². The van der Waals surface area contributed by atoms with Gasteiger partial charge in [0.15, 0.2) is 0 Å². The van der Waals surface area contributed by atoms with Crippen LogP contribution in [0.25, 0.3) is 11.3 Å². The smallest absolute Gasteiger partial charge is 0.412 e.